The third-order valence-electron chi connectivity index (χ3n) is 6.67. The first-order chi connectivity index (χ1) is 11.7. The number of likely N-dealkylation sites (tertiary alicyclic amines) is 1. The van der Waals surface area contributed by atoms with Crippen molar-refractivity contribution in [3.05, 3.63) is 35.9 Å². The number of halogens is 1. The van der Waals surface area contributed by atoms with Gasteiger partial charge in [0.2, 0.25) is 5.91 Å². The number of amides is 1. The second-order valence-corrected chi connectivity index (χ2v) is 8.60. The molecule has 1 aromatic carbocycles. The van der Waals surface area contributed by atoms with E-state index in [4.69, 9.17) is 10.5 Å². The van der Waals surface area contributed by atoms with Gasteiger partial charge in [-0.25, -0.2) is 0 Å². The van der Waals surface area contributed by atoms with E-state index in [9.17, 15) is 4.79 Å². The molecule has 4 nitrogen and oxygen atoms in total. The number of nitrogens with zero attached hydrogens (tertiary/aromatic N) is 1. The van der Waals surface area contributed by atoms with Gasteiger partial charge in [0, 0.05) is 36.9 Å². The van der Waals surface area contributed by atoms with Crippen LogP contribution in [0.25, 0.3) is 0 Å². The standard InChI is InChI=1S/C21H32N2O2.ClH/c1-5-25-17-14-21(22,19(17,2)3)18(24)23-13-9-12-20(4,15-23)16-10-7-6-8-11-16;/h6-8,10-11,17H,5,9,12-15,22H2,1-4H3;1H. The number of hydrogen-bond donors (Lipinski definition) is 1. The molecule has 1 amide bonds. The lowest BCUT2D eigenvalue weighted by Crippen LogP contribution is -2.76. The Kier molecular flexibility index (Phi) is 6.11. The molecule has 146 valence electrons. The van der Waals surface area contributed by atoms with Gasteiger partial charge in [-0.2, -0.15) is 0 Å². The van der Waals surface area contributed by atoms with Crippen LogP contribution in [0.3, 0.4) is 0 Å². The predicted molar refractivity (Wildman–Crippen MR) is 108 cm³/mol. The highest BCUT2D eigenvalue weighted by molar-refractivity contribution is 5.89. The van der Waals surface area contributed by atoms with Crippen LogP contribution in [0, 0.1) is 5.41 Å². The smallest absolute Gasteiger partial charge is 0.243 e. The SMILES string of the molecule is CCOC1CC(N)(C(=O)N2CCCC(C)(c3ccccc3)C2)C1(C)C.Cl. The van der Waals surface area contributed by atoms with Gasteiger partial charge in [-0.15, -0.1) is 12.4 Å². The second kappa shape index (κ2) is 7.49. The molecule has 2 N–H and O–H groups in total. The Morgan fingerprint density at radius 2 is 1.92 bits per heavy atom. The average Bonchev–Trinajstić information content (AvgIpc) is 2.61. The molecule has 0 spiro atoms. The van der Waals surface area contributed by atoms with Crippen LogP contribution in [0.5, 0.6) is 0 Å². The molecule has 2 aliphatic rings. The van der Waals surface area contributed by atoms with E-state index < -0.39 is 5.54 Å². The molecule has 0 aromatic heterocycles. The monoisotopic (exact) mass is 380 g/mol. The molecule has 3 rings (SSSR count). The van der Waals surface area contributed by atoms with Crippen LogP contribution in [0.15, 0.2) is 30.3 Å². The predicted octanol–water partition coefficient (Wildman–Crippen LogP) is 3.52. The number of ether oxygens (including phenoxy) is 1. The summed E-state index contributed by atoms with van der Waals surface area (Å²) in [7, 11) is 0. The molecule has 1 aliphatic heterocycles. The van der Waals surface area contributed by atoms with Gasteiger partial charge in [-0.1, -0.05) is 51.1 Å². The summed E-state index contributed by atoms with van der Waals surface area (Å²) in [5, 5.41) is 0. The van der Waals surface area contributed by atoms with Gasteiger partial charge in [0.25, 0.3) is 0 Å². The fraction of sp³-hybridized carbons (Fsp3) is 0.667. The van der Waals surface area contributed by atoms with Crippen molar-refractivity contribution in [2.24, 2.45) is 11.1 Å². The Morgan fingerprint density at radius 1 is 1.27 bits per heavy atom. The lowest BCUT2D eigenvalue weighted by Gasteiger charge is -2.59. The Labute approximate surface area is 163 Å². The molecular weight excluding hydrogens is 348 g/mol. The summed E-state index contributed by atoms with van der Waals surface area (Å²) in [6.45, 7) is 10.6. The molecule has 5 heteroatoms. The van der Waals surface area contributed by atoms with Gasteiger partial charge in [0.1, 0.15) is 5.54 Å². The second-order valence-electron chi connectivity index (χ2n) is 8.60. The quantitative estimate of drug-likeness (QED) is 0.869. The zero-order valence-electron chi connectivity index (χ0n) is 16.5. The third kappa shape index (κ3) is 3.28. The van der Waals surface area contributed by atoms with Gasteiger partial charge in [-0.3, -0.25) is 4.79 Å². The molecular formula is C21H33ClN2O2. The molecule has 2 fully saturated rings. The van der Waals surface area contributed by atoms with Gasteiger partial charge in [0.05, 0.1) is 6.10 Å². The summed E-state index contributed by atoms with van der Waals surface area (Å²) < 4.78 is 5.79. The third-order valence-corrected chi connectivity index (χ3v) is 6.67. The van der Waals surface area contributed by atoms with Crippen LogP contribution in [0.1, 0.15) is 52.5 Å². The minimum Gasteiger partial charge on any atom is -0.378 e. The van der Waals surface area contributed by atoms with Crippen LogP contribution >= 0.6 is 12.4 Å². The van der Waals surface area contributed by atoms with Crippen LogP contribution in [-0.4, -0.2) is 42.1 Å². The fourth-order valence-electron chi connectivity index (χ4n) is 4.57. The summed E-state index contributed by atoms with van der Waals surface area (Å²) in [6.07, 6.45) is 2.80. The van der Waals surface area contributed by atoms with E-state index in [1.54, 1.807) is 0 Å². The average molecular weight is 381 g/mol. The zero-order chi connectivity index (χ0) is 18.3. The number of nitrogens with two attached hydrogens (primary N) is 1. The molecule has 3 unspecified atom stereocenters. The van der Waals surface area contributed by atoms with Crippen molar-refractivity contribution in [3.63, 3.8) is 0 Å². The van der Waals surface area contributed by atoms with E-state index >= 15 is 0 Å². The molecule has 26 heavy (non-hydrogen) atoms. The normalized spacial score (nSPS) is 33.1. The summed E-state index contributed by atoms with van der Waals surface area (Å²) in [6, 6.07) is 10.5. The first-order valence-corrected chi connectivity index (χ1v) is 9.50. The van der Waals surface area contributed by atoms with Gasteiger partial charge < -0.3 is 15.4 Å². The summed E-state index contributed by atoms with van der Waals surface area (Å²) in [4.78, 5) is 15.3. The van der Waals surface area contributed by atoms with Crippen LogP contribution < -0.4 is 5.73 Å². The van der Waals surface area contributed by atoms with E-state index in [0.29, 0.717) is 13.0 Å². The first-order valence-electron chi connectivity index (χ1n) is 9.50. The van der Waals surface area contributed by atoms with Crippen molar-refractivity contribution >= 4 is 18.3 Å². The molecule has 0 radical (unpaired) electrons. The summed E-state index contributed by atoms with van der Waals surface area (Å²) in [5.41, 5.74) is 6.78. The highest BCUT2D eigenvalue weighted by Crippen LogP contribution is 2.51. The van der Waals surface area contributed by atoms with Crippen molar-refractivity contribution in [3.8, 4) is 0 Å². The van der Waals surface area contributed by atoms with E-state index in [0.717, 1.165) is 25.9 Å². The maximum absolute atomic E-state index is 13.3. The molecule has 3 atom stereocenters. The molecule has 1 aromatic rings. The van der Waals surface area contributed by atoms with Gasteiger partial charge in [-0.05, 0) is 25.3 Å². The van der Waals surface area contributed by atoms with Crippen molar-refractivity contribution in [2.45, 2.75) is 64.0 Å². The Hall–Kier alpha value is -1.10. The van der Waals surface area contributed by atoms with E-state index in [1.807, 2.05) is 17.9 Å². The Balaban J connectivity index is 0.00000243. The molecule has 1 saturated heterocycles. The van der Waals surface area contributed by atoms with Crippen molar-refractivity contribution < 1.29 is 9.53 Å². The van der Waals surface area contributed by atoms with E-state index in [2.05, 4.69) is 45.0 Å². The number of carbonyl (C=O) groups excluding carboxylic acids is 1. The van der Waals surface area contributed by atoms with E-state index in [-0.39, 0.29) is 35.2 Å². The Morgan fingerprint density at radius 3 is 2.50 bits per heavy atom. The maximum Gasteiger partial charge on any atom is 0.243 e. The first kappa shape index (κ1) is 21.2. The van der Waals surface area contributed by atoms with Gasteiger partial charge in [0.15, 0.2) is 0 Å². The fourth-order valence-corrected chi connectivity index (χ4v) is 4.57. The van der Waals surface area contributed by atoms with Gasteiger partial charge >= 0.3 is 0 Å². The van der Waals surface area contributed by atoms with Crippen LogP contribution in [-0.2, 0) is 14.9 Å². The van der Waals surface area contributed by atoms with Crippen molar-refractivity contribution in [1.29, 1.82) is 0 Å². The number of hydrogen-bond acceptors (Lipinski definition) is 3. The number of carbonyl (C=O) groups is 1. The number of rotatable bonds is 4. The van der Waals surface area contributed by atoms with E-state index in [1.165, 1.54) is 5.56 Å². The Bertz CT molecular complexity index is 636. The minimum absolute atomic E-state index is 0. The number of piperidine rings is 1. The summed E-state index contributed by atoms with van der Waals surface area (Å²) >= 11 is 0. The highest BCUT2D eigenvalue weighted by Gasteiger charge is 2.64. The van der Waals surface area contributed by atoms with Crippen LogP contribution in [0.2, 0.25) is 0 Å². The molecule has 1 aliphatic carbocycles. The minimum atomic E-state index is -0.818. The molecule has 0 bridgehead atoms. The molecule has 1 heterocycles. The zero-order valence-corrected chi connectivity index (χ0v) is 17.3. The van der Waals surface area contributed by atoms with Crippen molar-refractivity contribution in [1.82, 2.24) is 4.90 Å². The highest BCUT2D eigenvalue weighted by atomic mass is 35.5. The number of benzene rings is 1. The lowest BCUT2D eigenvalue weighted by atomic mass is 9.54. The topological polar surface area (TPSA) is 55.6 Å². The maximum atomic E-state index is 13.3. The largest absolute Gasteiger partial charge is 0.378 e. The van der Waals surface area contributed by atoms with Crippen LogP contribution in [0.4, 0.5) is 0 Å². The lowest BCUT2D eigenvalue weighted by molar-refractivity contribution is -0.180. The van der Waals surface area contributed by atoms with Crippen molar-refractivity contribution in [2.75, 3.05) is 19.7 Å². The summed E-state index contributed by atoms with van der Waals surface area (Å²) in [5.74, 6) is 0.0929. The molecule has 1 saturated carbocycles.